The van der Waals surface area contributed by atoms with E-state index >= 15 is 0 Å². The molecular weight excluding hydrogens is 290 g/mol. The van der Waals surface area contributed by atoms with Gasteiger partial charge in [0.1, 0.15) is 0 Å². The zero-order chi connectivity index (χ0) is 13.6. The summed E-state index contributed by atoms with van der Waals surface area (Å²) in [6, 6.07) is 0. The van der Waals surface area contributed by atoms with Crippen LogP contribution in [-0.2, 0) is 4.79 Å². The molecule has 1 aliphatic heterocycles. The molecule has 1 unspecified atom stereocenters. The average Bonchev–Trinajstić information content (AvgIpc) is 2.54. The third kappa shape index (κ3) is 5.29. The van der Waals surface area contributed by atoms with Crippen molar-refractivity contribution in [1.82, 2.24) is 4.90 Å². The molecule has 1 saturated heterocycles. The van der Waals surface area contributed by atoms with Gasteiger partial charge in [-0.2, -0.15) is 0 Å². The van der Waals surface area contributed by atoms with Crippen LogP contribution in [0.3, 0.4) is 0 Å². The Bertz CT molecular complexity index is 260. The van der Waals surface area contributed by atoms with E-state index in [1.807, 2.05) is 0 Å². The predicted octanol–water partition coefficient (Wildman–Crippen LogP) is 4.23. The van der Waals surface area contributed by atoms with E-state index < -0.39 is 0 Å². The Morgan fingerprint density at radius 2 is 1.94 bits per heavy atom. The second-order valence-electron chi connectivity index (χ2n) is 6.52. The first kappa shape index (κ1) is 16.0. The maximum absolute atomic E-state index is 12.1. The fraction of sp³-hybridized carbons (Fsp3) is 0.933. The summed E-state index contributed by atoms with van der Waals surface area (Å²) < 4.78 is 0. The Morgan fingerprint density at radius 1 is 1.22 bits per heavy atom. The van der Waals surface area contributed by atoms with E-state index in [1.54, 1.807) is 0 Å². The van der Waals surface area contributed by atoms with Gasteiger partial charge < -0.3 is 4.90 Å². The molecule has 106 valence electrons. The molecule has 0 N–H and O–H groups in total. The smallest absolute Gasteiger partial charge is 0.222 e. The maximum atomic E-state index is 12.1. The molecule has 1 fully saturated rings. The number of halogens is 1. The molecule has 1 rings (SSSR count). The summed E-state index contributed by atoms with van der Waals surface area (Å²) in [6.07, 6.45) is 6.47. The van der Waals surface area contributed by atoms with Gasteiger partial charge in [-0.3, -0.25) is 4.79 Å². The van der Waals surface area contributed by atoms with Crippen LogP contribution in [0.15, 0.2) is 0 Å². The predicted molar refractivity (Wildman–Crippen MR) is 81.0 cm³/mol. The van der Waals surface area contributed by atoms with Crippen LogP contribution in [0.5, 0.6) is 0 Å². The van der Waals surface area contributed by atoms with E-state index in [2.05, 4.69) is 41.6 Å². The lowest BCUT2D eigenvalue weighted by molar-refractivity contribution is -0.131. The summed E-state index contributed by atoms with van der Waals surface area (Å²) in [6.45, 7) is 8.91. The van der Waals surface area contributed by atoms with Crippen LogP contribution in [0, 0.1) is 11.3 Å². The number of rotatable bonds is 4. The maximum Gasteiger partial charge on any atom is 0.222 e. The molecule has 1 atom stereocenters. The normalized spacial score (nSPS) is 21.8. The third-order valence-electron chi connectivity index (χ3n) is 4.08. The van der Waals surface area contributed by atoms with Crippen molar-refractivity contribution in [3.05, 3.63) is 0 Å². The van der Waals surface area contributed by atoms with E-state index in [9.17, 15) is 4.79 Å². The first-order valence-corrected chi connectivity index (χ1v) is 8.41. The Labute approximate surface area is 121 Å². The van der Waals surface area contributed by atoms with E-state index in [-0.39, 0.29) is 0 Å². The lowest BCUT2D eigenvalue weighted by atomic mass is 9.77. The van der Waals surface area contributed by atoms with Crippen LogP contribution in [-0.4, -0.2) is 29.2 Å². The van der Waals surface area contributed by atoms with Crippen LogP contribution in [0.25, 0.3) is 0 Å². The molecule has 1 aliphatic rings. The number of likely N-dealkylation sites (tertiary alicyclic amines) is 1. The van der Waals surface area contributed by atoms with Crippen molar-refractivity contribution in [2.75, 3.05) is 18.4 Å². The standard InChI is InChI=1S/C15H28BrNO/c1-15(2,3)13-7-6-11-17(12-9-13)14(18)8-4-5-10-16/h13H,4-12H2,1-3H3. The highest BCUT2D eigenvalue weighted by Gasteiger charge is 2.28. The SMILES string of the molecule is CC(C)(C)C1CCCN(C(=O)CCCCBr)CC1. The average molecular weight is 318 g/mol. The van der Waals surface area contributed by atoms with Crippen molar-refractivity contribution >= 4 is 21.8 Å². The first-order valence-electron chi connectivity index (χ1n) is 7.29. The van der Waals surface area contributed by atoms with Gasteiger partial charge in [0, 0.05) is 24.8 Å². The number of carbonyl (C=O) groups excluding carboxylic acids is 1. The van der Waals surface area contributed by atoms with Crippen LogP contribution in [0.2, 0.25) is 0 Å². The number of hydrogen-bond acceptors (Lipinski definition) is 1. The number of amides is 1. The van der Waals surface area contributed by atoms with Crippen molar-refractivity contribution in [2.45, 2.75) is 59.3 Å². The number of unbranched alkanes of at least 4 members (excludes halogenated alkanes) is 1. The topological polar surface area (TPSA) is 20.3 Å². The highest BCUT2D eigenvalue weighted by atomic mass is 79.9. The lowest BCUT2D eigenvalue weighted by Crippen LogP contribution is -2.32. The van der Waals surface area contributed by atoms with Crippen LogP contribution in [0.1, 0.15) is 59.3 Å². The summed E-state index contributed by atoms with van der Waals surface area (Å²) >= 11 is 3.41. The molecule has 0 bridgehead atoms. The van der Waals surface area contributed by atoms with E-state index in [4.69, 9.17) is 0 Å². The third-order valence-corrected chi connectivity index (χ3v) is 4.64. The number of nitrogens with zero attached hydrogens (tertiary/aromatic N) is 1. The fourth-order valence-corrected chi connectivity index (χ4v) is 3.14. The summed E-state index contributed by atoms with van der Waals surface area (Å²) in [4.78, 5) is 14.2. The zero-order valence-electron chi connectivity index (χ0n) is 12.2. The molecular formula is C15H28BrNO. The molecule has 0 spiro atoms. The number of alkyl halides is 1. The largest absolute Gasteiger partial charge is 0.343 e. The Balaban J connectivity index is 2.39. The van der Waals surface area contributed by atoms with Crippen molar-refractivity contribution in [3.63, 3.8) is 0 Å². The summed E-state index contributed by atoms with van der Waals surface area (Å²) in [7, 11) is 0. The summed E-state index contributed by atoms with van der Waals surface area (Å²) in [5.41, 5.74) is 0.384. The minimum Gasteiger partial charge on any atom is -0.343 e. The van der Waals surface area contributed by atoms with E-state index in [1.165, 1.54) is 19.3 Å². The molecule has 0 aromatic heterocycles. The van der Waals surface area contributed by atoms with E-state index in [0.717, 1.165) is 43.6 Å². The first-order chi connectivity index (χ1) is 8.45. The van der Waals surface area contributed by atoms with Gasteiger partial charge in [-0.25, -0.2) is 0 Å². The van der Waals surface area contributed by atoms with Crippen molar-refractivity contribution in [1.29, 1.82) is 0 Å². The van der Waals surface area contributed by atoms with Crippen LogP contribution < -0.4 is 0 Å². The molecule has 1 heterocycles. The highest BCUT2D eigenvalue weighted by Crippen LogP contribution is 2.34. The van der Waals surface area contributed by atoms with Gasteiger partial charge in [0.15, 0.2) is 0 Å². The quantitative estimate of drug-likeness (QED) is 0.561. The Kier molecular flexibility index (Phi) is 6.68. The van der Waals surface area contributed by atoms with Gasteiger partial charge in [0.2, 0.25) is 5.91 Å². The van der Waals surface area contributed by atoms with Gasteiger partial charge >= 0.3 is 0 Å². The Hall–Kier alpha value is -0.0500. The number of carbonyl (C=O) groups is 1. The molecule has 18 heavy (non-hydrogen) atoms. The summed E-state index contributed by atoms with van der Waals surface area (Å²) in [5, 5.41) is 1.01. The fourth-order valence-electron chi connectivity index (χ4n) is 2.74. The zero-order valence-corrected chi connectivity index (χ0v) is 13.8. The van der Waals surface area contributed by atoms with E-state index in [0.29, 0.717) is 11.3 Å². The van der Waals surface area contributed by atoms with Crippen LogP contribution in [0.4, 0.5) is 0 Å². The number of hydrogen-bond donors (Lipinski definition) is 0. The molecule has 3 heteroatoms. The van der Waals surface area contributed by atoms with Gasteiger partial charge in [-0.15, -0.1) is 0 Å². The minimum absolute atomic E-state index is 0.366. The van der Waals surface area contributed by atoms with Crippen molar-refractivity contribution in [2.24, 2.45) is 11.3 Å². The molecule has 1 amide bonds. The molecule has 0 aromatic carbocycles. The lowest BCUT2D eigenvalue weighted by Gasteiger charge is -2.29. The molecule has 0 saturated carbocycles. The monoisotopic (exact) mass is 317 g/mol. The minimum atomic E-state index is 0.366. The second kappa shape index (κ2) is 7.52. The molecule has 0 radical (unpaired) electrons. The van der Waals surface area contributed by atoms with Crippen LogP contribution >= 0.6 is 15.9 Å². The molecule has 0 aliphatic carbocycles. The second-order valence-corrected chi connectivity index (χ2v) is 7.31. The van der Waals surface area contributed by atoms with Gasteiger partial charge in [-0.1, -0.05) is 36.7 Å². The van der Waals surface area contributed by atoms with Crippen molar-refractivity contribution < 1.29 is 4.79 Å². The van der Waals surface area contributed by atoms with Gasteiger partial charge in [-0.05, 0) is 43.4 Å². The van der Waals surface area contributed by atoms with Gasteiger partial charge in [0.05, 0.1) is 0 Å². The van der Waals surface area contributed by atoms with Gasteiger partial charge in [0.25, 0.3) is 0 Å². The summed E-state index contributed by atoms with van der Waals surface area (Å²) in [5.74, 6) is 1.13. The molecule has 0 aromatic rings. The molecule has 2 nitrogen and oxygen atoms in total. The van der Waals surface area contributed by atoms with Crippen molar-refractivity contribution in [3.8, 4) is 0 Å². The Morgan fingerprint density at radius 3 is 2.56 bits per heavy atom. The highest BCUT2D eigenvalue weighted by molar-refractivity contribution is 9.09.